The second-order valence-corrected chi connectivity index (χ2v) is 19.8. The maximum Gasteiger partial charge on any atom is 0.305 e. The van der Waals surface area contributed by atoms with E-state index in [-0.39, 0.29) is 148 Å². The predicted molar refractivity (Wildman–Crippen MR) is 291 cm³/mol. The molecule has 33 nitrogen and oxygen atoms in total. The van der Waals surface area contributed by atoms with Gasteiger partial charge >= 0.3 is 5.97 Å². The minimum atomic E-state index is -1.56. The van der Waals surface area contributed by atoms with E-state index in [0.717, 1.165) is 4.90 Å². The smallest absolute Gasteiger partial charge is 0.305 e. The van der Waals surface area contributed by atoms with Crippen molar-refractivity contribution in [2.24, 2.45) is 16.6 Å². The molecule has 6 unspecified atom stereocenters. The van der Waals surface area contributed by atoms with Crippen molar-refractivity contribution < 1.29 is 81.6 Å². The van der Waals surface area contributed by atoms with E-state index in [1.807, 2.05) is 0 Å². The van der Waals surface area contributed by atoms with Crippen molar-refractivity contribution in [3.8, 4) is 0 Å². The van der Waals surface area contributed by atoms with Crippen LogP contribution >= 0.6 is 19.8 Å². The van der Waals surface area contributed by atoms with Crippen LogP contribution < -0.4 is 64.6 Å². The van der Waals surface area contributed by atoms with Crippen molar-refractivity contribution in [3.05, 3.63) is 10.4 Å². The molecule has 15 N–H and O–H groups in total. The molecule has 6 atom stereocenters. The summed E-state index contributed by atoms with van der Waals surface area (Å²) in [5.41, 5.74) is 19.4. The number of nitrogens with two attached hydrogens (primary N) is 2. The zero-order valence-electron chi connectivity index (χ0n) is 45.2. The maximum absolute atomic E-state index is 13.5. The number of aliphatic carboxylic acids is 1. The summed E-state index contributed by atoms with van der Waals surface area (Å²) in [5.74, 6) is -8.04. The van der Waals surface area contributed by atoms with Gasteiger partial charge < -0.3 is 83.4 Å². The van der Waals surface area contributed by atoms with Crippen molar-refractivity contribution in [1.82, 2.24) is 58.1 Å². The third kappa shape index (κ3) is 32.6. The van der Waals surface area contributed by atoms with Gasteiger partial charge in [-0.15, -0.1) is 11.4 Å². The van der Waals surface area contributed by atoms with Crippen LogP contribution in [0.5, 0.6) is 0 Å². The van der Waals surface area contributed by atoms with Crippen molar-refractivity contribution >= 4 is 90.8 Å². The molecule has 0 aromatic carbocycles. The second-order valence-electron chi connectivity index (χ2n) is 18.1. The first kappa shape index (κ1) is 70.8. The van der Waals surface area contributed by atoms with E-state index in [1.165, 1.54) is 11.4 Å². The van der Waals surface area contributed by atoms with Crippen LogP contribution in [0.4, 0.5) is 0 Å². The van der Waals surface area contributed by atoms with Gasteiger partial charge in [0.05, 0.1) is 77.6 Å². The number of unbranched alkanes of at least 4 members (excludes halogenated alkanes) is 2. The van der Waals surface area contributed by atoms with Crippen molar-refractivity contribution in [2.75, 3.05) is 105 Å². The number of carboxylic acids is 1. The molecule has 81 heavy (non-hydrogen) atoms. The topological polar surface area (TPSA) is 486 Å². The van der Waals surface area contributed by atoms with Gasteiger partial charge in [-0.05, 0) is 63.4 Å². The van der Waals surface area contributed by atoms with Gasteiger partial charge in [0.25, 0.3) is 0 Å². The van der Waals surface area contributed by atoms with Crippen LogP contribution in [0.2, 0.25) is 0 Å². The molecule has 2 aliphatic rings. The van der Waals surface area contributed by atoms with Crippen molar-refractivity contribution in [2.45, 2.75) is 113 Å². The largest absolute Gasteiger partial charge is 0.481 e. The number of nitrogens with zero attached hydrogens (tertiary/aromatic N) is 4. The summed E-state index contributed by atoms with van der Waals surface area (Å²) in [6.07, 6.45) is 0.544. The molecule has 2 heterocycles. The Balaban J connectivity index is 1.65. The molecular weight excluding hydrogens is 1110 g/mol. The van der Waals surface area contributed by atoms with E-state index in [2.05, 4.69) is 71.6 Å². The van der Waals surface area contributed by atoms with Gasteiger partial charge in [-0.25, -0.2) is 0 Å². The van der Waals surface area contributed by atoms with Gasteiger partial charge in [0.2, 0.25) is 65.0 Å². The highest BCUT2D eigenvalue weighted by atomic mass is 32.7. The van der Waals surface area contributed by atoms with E-state index in [9.17, 15) is 62.6 Å². The van der Waals surface area contributed by atoms with E-state index < -0.39 is 108 Å². The molecule has 0 aromatic heterocycles. The molecule has 11 amide bonds. The summed E-state index contributed by atoms with van der Waals surface area (Å²) in [4.78, 5) is 154. The first-order valence-electron chi connectivity index (χ1n) is 26.4. The molecule has 0 radical (unpaired) electrons. The quantitative estimate of drug-likeness (QED) is 0.00518. The van der Waals surface area contributed by atoms with Gasteiger partial charge in [0.1, 0.15) is 37.0 Å². The van der Waals surface area contributed by atoms with E-state index in [1.54, 1.807) is 0 Å². The van der Waals surface area contributed by atoms with Gasteiger partial charge in [0, 0.05) is 50.4 Å². The minimum absolute atomic E-state index is 0.0487. The lowest BCUT2D eigenvalue weighted by molar-refractivity contribution is -0.141. The number of carboxylic acid groups (broad SMARTS) is 1. The lowest BCUT2D eigenvalue weighted by atomic mass is 10.1. The highest BCUT2D eigenvalue weighted by Crippen LogP contribution is 2.29. The Bertz CT molecular complexity index is 2130. The van der Waals surface area contributed by atoms with Gasteiger partial charge in [-0.3, -0.25) is 67.8 Å². The second kappa shape index (κ2) is 42.5. The molecule has 2 saturated heterocycles. The van der Waals surface area contributed by atoms with Crippen LogP contribution in [0, 0.1) is 0 Å². The van der Waals surface area contributed by atoms with Gasteiger partial charge in [-0.2, -0.15) is 0 Å². The number of carbonyl (C=O) groups is 12. The Hall–Kier alpha value is -6.35. The third-order valence-corrected chi connectivity index (χ3v) is 13.4. The number of hydrogen-bond donors (Lipinski definition) is 13. The summed E-state index contributed by atoms with van der Waals surface area (Å²) in [6.45, 7) is 0.781. The molecule has 0 saturated carbocycles. The number of likely N-dealkylation sites (tertiary alicyclic amines) is 1. The average Bonchev–Trinajstić information content (AvgIpc) is 3.73. The van der Waals surface area contributed by atoms with Crippen LogP contribution in [0.3, 0.4) is 0 Å². The minimum Gasteiger partial charge on any atom is -0.481 e. The fourth-order valence-electron chi connectivity index (χ4n) is 7.52. The van der Waals surface area contributed by atoms with Gasteiger partial charge in [-0.1, -0.05) is 13.6 Å². The van der Waals surface area contributed by atoms with Crippen molar-refractivity contribution in [3.63, 3.8) is 0 Å². The molecule has 0 spiro atoms. The van der Waals surface area contributed by atoms with E-state index in [4.69, 9.17) is 35.9 Å². The average molecular weight is 1190 g/mol. The normalized spacial score (nSPS) is 18.5. The zero-order valence-corrected chi connectivity index (χ0v) is 47.1. The third-order valence-electron chi connectivity index (χ3n) is 11.7. The highest BCUT2D eigenvalue weighted by molar-refractivity contribution is 8.44. The zero-order chi connectivity index (χ0) is 59.8. The lowest BCUT2D eigenvalue weighted by Crippen LogP contribution is -2.55. The SMILES string of the molecule is [N-]=[N+]=NCC(=O)NCCCCC(NC(=O)CCN1C(=O)CC(SP)C1=O)C(=O)NCCOCCOCCOCCOCCC(=O)NCCCCC1NC(=O)CNC(=O)C(CC(=O)O)NC(=O)CNC(=O)C(CCCNC(N)N)NC1=O. The maximum atomic E-state index is 13.5. The fraction of sp³-hybridized carbons (Fsp3) is 0.739. The van der Waals surface area contributed by atoms with Crippen LogP contribution in [0.1, 0.15) is 77.0 Å². The van der Waals surface area contributed by atoms with E-state index in [0.29, 0.717) is 32.1 Å². The number of imide groups is 1. The number of azide groups is 1. The Labute approximate surface area is 474 Å². The molecular formula is C46H79N16O17PS. The number of nitrogens with one attached hydrogen (secondary N) is 10. The predicted octanol–water partition coefficient (Wildman–Crippen LogP) is -5.29. The molecule has 2 aliphatic heterocycles. The summed E-state index contributed by atoms with van der Waals surface area (Å²) in [6, 6.07) is -4.87. The number of hydrogen-bond acceptors (Lipinski definition) is 21. The Morgan fingerprint density at radius 2 is 1.26 bits per heavy atom. The Morgan fingerprint density at radius 1 is 0.691 bits per heavy atom. The molecule has 35 heteroatoms. The summed E-state index contributed by atoms with van der Waals surface area (Å²) in [7, 11) is 2.35. The fourth-order valence-corrected chi connectivity index (χ4v) is 8.64. The van der Waals surface area contributed by atoms with Gasteiger partial charge in [0.15, 0.2) is 0 Å². The van der Waals surface area contributed by atoms with E-state index >= 15 is 0 Å². The van der Waals surface area contributed by atoms with Crippen LogP contribution in [-0.4, -0.2) is 222 Å². The molecule has 456 valence electrons. The number of ether oxygens (including phenoxy) is 4. The number of carbonyl (C=O) groups excluding carboxylic acids is 11. The number of amides is 11. The standard InChI is InChI=1S/C46H79N16O17PS/c47-46(48)53-13-5-8-30-42(72)54-27-38(67)59-32(24-40(69)70)43(73)55-26-37(66)58-31(44(74)60-30)7-2-3-11-50-34(63)10-16-76-18-20-78-22-23-79-21-19-77-17-14-52-41(71)29(6-1-4-12-51-36(65)28-56-61-49)57-35(64)9-15-62-39(68)25-33(81-80)45(62)75/h29-33,46,53H,1-28,47-48,80H2,(H,50,63)(H,51,65)(H,52,71)(H,54,72)(H,55,73)(H,57,64)(H,58,66)(H,59,67)(H,60,74)(H,69,70). The molecule has 0 aliphatic carbocycles. The monoisotopic (exact) mass is 1190 g/mol. The van der Waals surface area contributed by atoms with Crippen molar-refractivity contribution in [1.29, 1.82) is 0 Å². The Morgan fingerprint density at radius 3 is 1.86 bits per heavy atom. The first-order valence-corrected chi connectivity index (χ1v) is 28.7. The molecule has 2 rings (SSSR count). The Kier molecular flexibility index (Phi) is 37.1. The summed E-state index contributed by atoms with van der Waals surface area (Å²) in [5, 5.41) is 37.4. The highest BCUT2D eigenvalue weighted by Gasteiger charge is 2.38. The van der Waals surface area contributed by atoms with Crippen LogP contribution in [0.15, 0.2) is 5.11 Å². The summed E-state index contributed by atoms with van der Waals surface area (Å²) < 4.78 is 22.0. The molecule has 0 bridgehead atoms. The molecule has 2 fully saturated rings. The number of rotatable bonds is 40. The lowest BCUT2D eigenvalue weighted by Gasteiger charge is -2.23. The summed E-state index contributed by atoms with van der Waals surface area (Å²) >= 11 is 1.18. The van der Waals surface area contributed by atoms with Crippen LogP contribution in [0.25, 0.3) is 10.4 Å². The first-order chi connectivity index (χ1) is 38.8. The van der Waals surface area contributed by atoms with Crippen LogP contribution in [-0.2, 0) is 76.5 Å². The molecule has 0 aromatic rings.